The number of aromatic hydroxyl groups is 2. The number of hydrogen-bond acceptors (Lipinski definition) is 2. The molecule has 0 aliphatic rings. The molecular formula is C51H48N2O2P2. The first-order valence-corrected chi connectivity index (χ1v) is 24.2. The third-order valence-corrected chi connectivity index (χ3v) is 14.9. The summed E-state index contributed by atoms with van der Waals surface area (Å²) in [6.45, 7) is 13.5. The minimum Gasteiger partial charge on any atom is -0.505 e. The second-order valence-electron chi connectivity index (χ2n) is 15.9. The first kappa shape index (κ1) is 37.2. The summed E-state index contributed by atoms with van der Waals surface area (Å²) < 4.78 is 4.44. The minimum absolute atomic E-state index is 0.0120. The summed E-state index contributed by atoms with van der Waals surface area (Å²) in [7, 11) is -0.711. The van der Waals surface area contributed by atoms with Gasteiger partial charge >= 0.3 is 0 Å². The van der Waals surface area contributed by atoms with Crippen LogP contribution in [0.2, 0.25) is 0 Å². The maximum absolute atomic E-state index is 12.7. The van der Waals surface area contributed by atoms with Crippen LogP contribution in [0, 0.1) is 20.8 Å². The minimum atomic E-state index is -0.699. The van der Waals surface area contributed by atoms with E-state index in [0.29, 0.717) is 0 Å². The summed E-state index contributed by atoms with van der Waals surface area (Å²) in [6.07, 6.45) is 3.43. The largest absolute Gasteiger partial charge is 0.505 e. The van der Waals surface area contributed by atoms with Gasteiger partial charge in [-0.15, -0.1) is 7.92 Å². The zero-order valence-electron chi connectivity index (χ0n) is 33.5. The van der Waals surface area contributed by atoms with Crippen molar-refractivity contribution in [2.45, 2.75) is 27.2 Å². The van der Waals surface area contributed by atoms with E-state index >= 15 is 0 Å². The molecule has 0 radical (unpaired) electrons. The predicted octanol–water partition coefficient (Wildman–Crippen LogP) is 13.4. The molecule has 0 aliphatic heterocycles. The number of fused-ring (bicyclic) bond motifs is 6. The Kier molecular flexibility index (Phi) is 9.68. The van der Waals surface area contributed by atoms with Crippen LogP contribution in [0.25, 0.3) is 77.2 Å². The Morgan fingerprint density at radius 3 is 1.14 bits per heavy atom. The zero-order valence-corrected chi connectivity index (χ0v) is 35.3. The summed E-state index contributed by atoms with van der Waals surface area (Å²) in [6, 6.07) is 46.9. The fourth-order valence-electron chi connectivity index (χ4n) is 8.97. The Bertz CT molecular complexity index is 2710. The van der Waals surface area contributed by atoms with Crippen LogP contribution in [-0.4, -0.2) is 51.7 Å². The Balaban J connectivity index is 1.31. The van der Waals surface area contributed by atoms with Gasteiger partial charge in [0, 0.05) is 32.7 Å². The van der Waals surface area contributed by atoms with E-state index in [1.807, 2.05) is 0 Å². The lowest BCUT2D eigenvalue weighted by molar-refractivity contribution is 0.475. The van der Waals surface area contributed by atoms with Crippen LogP contribution in [-0.2, 0) is 0 Å². The van der Waals surface area contributed by atoms with Crippen molar-refractivity contribution in [1.82, 2.24) is 9.13 Å². The molecule has 0 bridgehead atoms. The number of para-hydroxylation sites is 4. The summed E-state index contributed by atoms with van der Waals surface area (Å²) >= 11 is 0. The molecule has 1 unspecified atom stereocenters. The third-order valence-electron chi connectivity index (χ3n) is 11.4. The normalized spacial score (nSPS) is 12.5. The van der Waals surface area contributed by atoms with Crippen LogP contribution < -0.4 is 5.30 Å². The van der Waals surface area contributed by atoms with Gasteiger partial charge in [0.05, 0.1) is 33.4 Å². The predicted molar refractivity (Wildman–Crippen MR) is 249 cm³/mol. The van der Waals surface area contributed by atoms with Gasteiger partial charge in [0.2, 0.25) is 0 Å². The van der Waals surface area contributed by atoms with Crippen molar-refractivity contribution < 1.29 is 10.2 Å². The van der Waals surface area contributed by atoms with E-state index in [-0.39, 0.29) is 19.4 Å². The molecule has 4 nitrogen and oxygen atoms in total. The molecule has 1 atom stereocenters. The first-order chi connectivity index (χ1) is 27.6. The number of phenolic OH excluding ortho intramolecular Hbond substituents is 2. The van der Waals surface area contributed by atoms with E-state index in [0.717, 1.165) is 107 Å². The molecule has 0 aliphatic carbocycles. The van der Waals surface area contributed by atoms with E-state index in [4.69, 9.17) is 0 Å². The van der Waals surface area contributed by atoms with E-state index in [1.165, 1.54) is 11.5 Å². The molecular weight excluding hydrogens is 735 g/mol. The first-order valence-electron chi connectivity index (χ1n) is 19.8. The summed E-state index contributed by atoms with van der Waals surface area (Å²) in [5, 5.41) is 31.2. The van der Waals surface area contributed by atoms with E-state index in [2.05, 4.69) is 183 Å². The van der Waals surface area contributed by atoms with Crippen LogP contribution in [0.1, 0.15) is 23.1 Å². The van der Waals surface area contributed by atoms with Gasteiger partial charge in [0.25, 0.3) is 0 Å². The van der Waals surface area contributed by atoms with Crippen molar-refractivity contribution in [3.63, 3.8) is 0 Å². The molecule has 0 saturated heterocycles. The molecule has 0 amide bonds. The standard InChI is InChI=1S/C51H48N2O2P2/c1-32-28-41(39-26-33(2)30-47(49(39)54)52-43-20-11-7-16-35(43)36-17-8-12-21-44(36)52)51(57(6)25-15-24-56(4)5)42(29-32)40-27-34(3)31-48(50(40)55)53-45-22-13-9-18-37(45)38-19-10-14-23-46(38)53/h7-14,16-23,26-31,54-55H,15,24-25H2,1-6H3. The molecule has 9 rings (SSSR count). The van der Waals surface area contributed by atoms with Crippen LogP contribution >= 0.6 is 15.8 Å². The number of rotatable bonds is 9. The fraction of sp³-hybridized carbons (Fsp3) is 0.176. The summed E-state index contributed by atoms with van der Waals surface area (Å²) in [5.74, 6) is 0.525. The maximum atomic E-state index is 12.7. The fourth-order valence-corrected chi connectivity index (χ4v) is 12.1. The summed E-state index contributed by atoms with van der Waals surface area (Å²) in [5.41, 5.74) is 12.7. The van der Waals surface area contributed by atoms with Gasteiger partial charge in [-0.2, -0.15) is 0 Å². The van der Waals surface area contributed by atoms with Crippen molar-refractivity contribution in [2.75, 3.05) is 32.3 Å². The smallest absolute Gasteiger partial charge is 0.147 e. The van der Waals surface area contributed by atoms with Crippen LogP contribution in [0.3, 0.4) is 0 Å². The third kappa shape index (κ3) is 6.41. The number of aryl methyl sites for hydroxylation is 3. The molecule has 2 heterocycles. The highest BCUT2D eigenvalue weighted by Gasteiger charge is 2.26. The average Bonchev–Trinajstić information content (AvgIpc) is 3.72. The van der Waals surface area contributed by atoms with Crippen molar-refractivity contribution in [3.05, 3.63) is 150 Å². The molecule has 0 saturated carbocycles. The zero-order chi connectivity index (χ0) is 39.5. The van der Waals surface area contributed by atoms with Crippen LogP contribution in [0.5, 0.6) is 11.5 Å². The number of benzene rings is 7. The molecule has 284 valence electrons. The van der Waals surface area contributed by atoms with Crippen molar-refractivity contribution in [2.24, 2.45) is 0 Å². The summed E-state index contributed by atoms with van der Waals surface area (Å²) in [4.78, 5) is 0. The van der Waals surface area contributed by atoms with Crippen molar-refractivity contribution in [1.29, 1.82) is 0 Å². The number of nitrogens with zero attached hydrogens (tertiary/aromatic N) is 2. The molecule has 2 N–H and O–H groups in total. The highest BCUT2D eigenvalue weighted by Crippen LogP contribution is 2.48. The molecule has 9 aromatic rings. The maximum Gasteiger partial charge on any atom is 0.147 e. The Labute approximate surface area is 337 Å². The highest BCUT2D eigenvalue weighted by atomic mass is 31.1. The molecule has 57 heavy (non-hydrogen) atoms. The lowest BCUT2D eigenvalue weighted by Crippen LogP contribution is -2.13. The number of hydrogen-bond donors (Lipinski definition) is 2. The van der Waals surface area contributed by atoms with Gasteiger partial charge in [-0.3, -0.25) is 0 Å². The molecule has 6 heteroatoms. The van der Waals surface area contributed by atoms with Crippen LogP contribution in [0.15, 0.2) is 133 Å². The number of aromatic nitrogens is 2. The lowest BCUT2D eigenvalue weighted by Gasteiger charge is -2.25. The van der Waals surface area contributed by atoms with Gasteiger partial charge in [-0.05, 0) is 141 Å². The van der Waals surface area contributed by atoms with Crippen molar-refractivity contribution >= 4 is 64.8 Å². The molecule has 0 spiro atoms. The monoisotopic (exact) mass is 782 g/mol. The second kappa shape index (κ2) is 14.8. The SMILES string of the molecule is Cc1cc(-c2cc(C)cc(-n3c4ccccc4c4ccccc43)c2O)c(P(C)CCCP(C)C)c(-c2cc(C)cc(-n3c4ccccc4c4ccccc43)c2O)c1. The van der Waals surface area contributed by atoms with Crippen molar-refractivity contribution in [3.8, 4) is 45.1 Å². The van der Waals surface area contributed by atoms with Crippen LogP contribution in [0.4, 0.5) is 0 Å². The van der Waals surface area contributed by atoms with Gasteiger partial charge in [0.1, 0.15) is 11.5 Å². The van der Waals surface area contributed by atoms with Gasteiger partial charge < -0.3 is 19.3 Å². The second-order valence-corrected chi connectivity index (χ2v) is 20.8. The Hall–Kier alpha value is -5.40. The van der Waals surface area contributed by atoms with E-state index in [1.54, 1.807) is 0 Å². The van der Waals surface area contributed by atoms with E-state index < -0.39 is 7.92 Å². The van der Waals surface area contributed by atoms with Gasteiger partial charge in [-0.1, -0.05) is 92.9 Å². The molecule has 7 aromatic carbocycles. The highest BCUT2D eigenvalue weighted by molar-refractivity contribution is 7.65. The average molecular weight is 783 g/mol. The topological polar surface area (TPSA) is 50.3 Å². The Morgan fingerprint density at radius 1 is 0.439 bits per heavy atom. The molecule has 2 aromatic heterocycles. The van der Waals surface area contributed by atoms with Gasteiger partial charge in [-0.25, -0.2) is 0 Å². The Morgan fingerprint density at radius 2 is 0.772 bits per heavy atom. The quantitative estimate of drug-likeness (QED) is 0.143. The van der Waals surface area contributed by atoms with E-state index in [9.17, 15) is 10.2 Å². The molecule has 0 fully saturated rings. The number of phenols is 2. The van der Waals surface area contributed by atoms with Gasteiger partial charge in [0.15, 0.2) is 0 Å². The lowest BCUT2D eigenvalue weighted by atomic mass is 9.93.